The monoisotopic (exact) mass is 420 g/mol. The summed E-state index contributed by atoms with van der Waals surface area (Å²) in [5.74, 6) is -0.106. The third-order valence-electron chi connectivity index (χ3n) is 3.65. The molecule has 0 atom stereocenters. The van der Waals surface area contributed by atoms with Crippen molar-refractivity contribution in [3.63, 3.8) is 0 Å². The first-order valence-electron chi connectivity index (χ1n) is 8.91. The minimum absolute atomic E-state index is 0.106. The molecule has 3 aromatic carbocycles. The van der Waals surface area contributed by atoms with Crippen LogP contribution in [0.4, 0.5) is 22.7 Å². The number of amidine groups is 1. The lowest BCUT2D eigenvalue weighted by molar-refractivity contribution is -0.114. The molecular formula is C22H20N4OS2. The minimum Gasteiger partial charge on any atom is -0.341 e. The molecule has 3 N–H and O–H groups in total. The highest BCUT2D eigenvalue weighted by molar-refractivity contribution is 8.33. The molecule has 0 unspecified atom stereocenters. The summed E-state index contributed by atoms with van der Waals surface area (Å²) in [4.78, 5) is 15.8. The van der Waals surface area contributed by atoms with Gasteiger partial charge in [0.05, 0.1) is 5.69 Å². The number of anilines is 3. The van der Waals surface area contributed by atoms with Gasteiger partial charge in [0.25, 0.3) is 0 Å². The molecule has 0 fully saturated rings. The van der Waals surface area contributed by atoms with Crippen molar-refractivity contribution in [1.29, 1.82) is 0 Å². The highest BCUT2D eigenvalue weighted by Gasteiger charge is 2.08. The summed E-state index contributed by atoms with van der Waals surface area (Å²) >= 11 is 6.84. The highest BCUT2D eigenvalue weighted by atomic mass is 32.2. The van der Waals surface area contributed by atoms with E-state index >= 15 is 0 Å². The van der Waals surface area contributed by atoms with Crippen molar-refractivity contribution in [2.75, 3.05) is 16.0 Å². The van der Waals surface area contributed by atoms with Crippen LogP contribution in [0.5, 0.6) is 0 Å². The zero-order valence-corrected chi connectivity index (χ0v) is 17.4. The standard InChI is InChI=1S/C22H20N4OS2/c1-16(27)23-19-12-14-20(15-13-19)26-22(28)29-21(24-17-8-4-2-5-9-17)25-18-10-6-3-7-11-18/h2-15H,1H3,(H,23,27)(H,24,25)(H,26,28). The number of amides is 1. The molecule has 0 aliphatic carbocycles. The van der Waals surface area contributed by atoms with Crippen LogP contribution in [0.2, 0.25) is 0 Å². The van der Waals surface area contributed by atoms with Crippen molar-refractivity contribution in [2.24, 2.45) is 4.99 Å². The van der Waals surface area contributed by atoms with Gasteiger partial charge in [0, 0.05) is 24.0 Å². The van der Waals surface area contributed by atoms with E-state index in [4.69, 9.17) is 12.2 Å². The first-order chi connectivity index (χ1) is 14.1. The number of para-hydroxylation sites is 2. The Morgan fingerprint density at radius 3 is 1.86 bits per heavy atom. The van der Waals surface area contributed by atoms with Gasteiger partial charge in [0.15, 0.2) is 5.17 Å². The summed E-state index contributed by atoms with van der Waals surface area (Å²) in [6, 6.07) is 26.9. The molecule has 0 bridgehead atoms. The largest absolute Gasteiger partial charge is 0.341 e. The van der Waals surface area contributed by atoms with Crippen molar-refractivity contribution in [3.05, 3.63) is 84.9 Å². The van der Waals surface area contributed by atoms with E-state index < -0.39 is 0 Å². The van der Waals surface area contributed by atoms with Crippen LogP contribution in [0.1, 0.15) is 6.92 Å². The number of nitrogens with zero attached hydrogens (tertiary/aromatic N) is 1. The Morgan fingerprint density at radius 2 is 1.28 bits per heavy atom. The van der Waals surface area contributed by atoms with Crippen LogP contribution in [0.25, 0.3) is 0 Å². The number of nitrogens with one attached hydrogen (secondary N) is 3. The fourth-order valence-corrected chi connectivity index (χ4v) is 3.43. The Balaban J connectivity index is 1.70. The molecule has 5 nitrogen and oxygen atoms in total. The number of carbonyl (C=O) groups is 1. The topological polar surface area (TPSA) is 65.5 Å². The summed E-state index contributed by atoms with van der Waals surface area (Å²) in [6.45, 7) is 1.48. The Kier molecular flexibility index (Phi) is 7.38. The number of rotatable bonds is 4. The first-order valence-corrected chi connectivity index (χ1v) is 10.1. The Hall–Kier alpha value is -3.16. The normalized spacial score (nSPS) is 10.9. The lowest BCUT2D eigenvalue weighted by Gasteiger charge is -2.12. The van der Waals surface area contributed by atoms with Gasteiger partial charge in [-0.2, -0.15) is 0 Å². The van der Waals surface area contributed by atoms with Gasteiger partial charge in [-0.25, -0.2) is 4.99 Å². The summed E-state index contributed by atoms with van der Waals surface area (Å²) in [5.41, 5.74) is 3.33. The number of hydrogen-bond acceptors (Lipinski definition) is 4. The molecule has 1 amide bonds. The zero-order valence-electron chi connectivity index (χ0n) is 15.8. The maximum atomic E-state index is 11.1. The summed E-state index contributed by atoms with van der Waals surface area (Å²) < 4.78 is 0.551. The second-order valence-electron chi connectivity index (χ2n) is 6.02. The van der Waals surface area contributed by atoms with E-state index in [2.05, 4.69) is 20.9 Å². The lowest BCUT2D eigenvalue weighted by Crippen LogP contribution is -2.14. The molecule has 0 saturated carbocycles. The third-order valence-corrected chi connectivity index (χ3v) is 4.68. The number of thiocarbonyl (C=S) groups is 1. The van der Waals surface area contributed by atoms with Gasteiger partial charge in [-0.3, -0.25) is 4.79 Å². The maximum absolute atomic E-state index is 11.1. The number of benzene rings is 3. The van der Waals surface area contributed by atoms with Crippen LogP contribution in [-0.2, 0) is 4.79 Å². The molecule has 0 aliphatic heterocycles. The molecular weight excluding hydrogens is 400 g/mol. The van der Waals surface area contributed by atoms with Crippen LogP contribution in [0, 0.1) is 0 Å². The van der Waals surface area contributed by atoms with Gasteiger partial charge in [0.2, 0.25) is 5.91 Å². The average molecular weight is 421 g/mol. The zero-order chi connectivity index (χ0) is 20.5. The second kappa shape index (κ2) is 10.4. The molecule has 0 spiro atoms. The summed E-state index contributed by atoms with van der Waals surface area (Å²) in [6.07, 6.45) is 0. The van der Waals surface area contributed by atoms with Crippen molar-refractivity contribution >= 4 is 62.1 Å². The molecule has 0 saturated heterocycles. The van der Waals surface area contributed by atoms with E-state index in [1.807, 2.05) is 84.9 Å². The molecule has 29 heavy (non-hydrogen) atoms. The minimum atomic E-state index is -0.106. The van der Waals surface area contributed by atoms with Crippen molar-refractivity contribution in [3.8, 4) is 0 Å². The van der Waals surface area contributed by atoms with Crippen LogP contribution >= 0.6 is 24.0 Å². The molecule has 0 aromatic heterocycles. The van der Waals surface area contributed by atoms with Gasteiger partial charge in [-0.1, -0.05) is 48.6 Å². The molecule has 0 aliphatic rings. The Morgan fingerprint density at radius 1 is 0.759 bits per heavy atom. The number of hydrogen-bond donors (Lipinski definition) is 3. The molecule has 146 valence electrons. The van der Waals surface area contributed by atoms with E-state index in [-0.39, 0.29) is 5.91 Å². The molecule has 3 rings (SSSR count). The fourth-order valence-electron chi connectivity index (χ4n) is 2.41. The lowest BCUT2D eigenvalue weighted by atomic mass is 10.3. The van der Waals surface area contributed by atoms with E-state index in [0.29, 0.717) is 9.49 Å². The number of aliphatic imine (C=N–C) groups is 1. The van der Waals surface area contributed by atoms with E-state index in [1.54, 1.807) is 0 Å². The Bertz CT molecular complexity index is 990. The Labute approximate surface area is 179 Å². The van der Waals surface area contributed by atoms with Gasteiger partial charge >= 0.3 is 0 Å². The van der Waals surface area contributed by atoms with E-state index in [1.165, 1.54) is 18.7 Å². The predicted molar refractivity (Wildman–Crippen MR) is 128 cm³/mol. The van der Waals surface area contributed by atoms with Crippen LogP contribution in [-0.4, -0.2) is 15.4 Å². The average Bonchev–Trinajstić information content (AvgIpc) is 2.70. The number of thioether (sulfide) groups is 1. The predicted octanol–water partition coefficient (Wildman–Crippen LogP) is 5.87. The second-order valence-corrected chi connectivity index (χ2v) is 7.68. The first kappa shape index (κ1) is 20.6. The van der Waals surface area contributed by atoms with Crippen molar-refractivity contribution < 1.29 is 4.79 Å². The molecule has 3 aromatic rings. The summed E-state index contributed by atoms with van der Waals surface area (Å²) in [5, 5.41) is 9.90. The van der Waals surface area contributed by atoms with Crippen LogP contribution < -0.4 is 16.0 Å². The van der Waals surface area contributed by atoms with Gasteiger partial charge in [-0.05, 0) is 60.3 Å². The van der Waals surface area contributed by atoms with Gasteiger partial charge in [0.1, 0.15) is 4.32 Å². The fraction of sp³-hybridized carbons (Fsp3) is 0.0455. The maximum Gasteiger partial charge on any atom is 0.221 e. The summed E-state index contributed by atoms with van der Waals surface area (Å²) in [7, 11) is 0. The van der Waals surface area contributed by atoms with Crippen molar-refractivity contribution in [2.45, 2.75) is 6.92 Å². The van der Waals surface area contributed by atoms with E-state index in [9.17, 15) is 4.79 Å². The molecule has 0 radical (unpaired) electrons. The van der Waals surface area contributed by atoms with Crippen LogP contribution in [0.15, 0.2) is 89.9 Å². The highest BCUT2D eigenvalue weighted by Crippen LogP contribution is 2.21. The van der Waals surface area contributed by atoms with Gasteiger partial charge < -0.3 is 16.0 Å². The third kappa shape index (κ3) is 7.06. The smallest absolute Gasteiger partial charge is 0.221 e. The number of carbonyl (C=O) groups excluding carboxylic acids is 1. The molecule has 0 heterocycles. The quantitative estimate of drug-likeness (QED) is 0.280. The van der Waals surface area contributed by atoms with Gasteiger partial charge in [-0.15, -0.1) is 0 Å². The SMILES string of the molecule is CC(=O)Nc1ccc(NC(=S)SC(=Nc2ccccc2)Nc2ccccc2)cc1. The van der Waals surface area contributed by atoms with Crippen LogP contribution in [0.3, 0.4) is 0 Å². The van der Waals surface area contributed by atoms with E-state index in [0.717, 1.165) is 22.7 Å². The van der Waals surface area contributed by atoms with Crippen molar-refractivity contribution in [1.82, 2.24) is 0 Å². The molecule has 7 heteroatoms.